The van der Waals surface area contributed by atoms with Crippen LogP contribution in [0.1, 0.15) is 57.7 Å². The first-order valence-corrected chi connectivity index (χ1v) is 8.32. The molecule has 0 heterocycles. The molecule has 0 saturated carbocycles. The first kappa shape index (κ1) is 17.8. The van der Waals surface area contributed by atoms with Crippen LogP contribution in [0.25, 0.3) is 0 Å². The van der Waals surface area contributed by atoms with Gasteiger partial charge in [0.15, 0.2) is 0 Å². The van der Waals surface area contributed by atoms with E-state index in [9.17, 15) is 9.90 Å². The number of fused-ring (bicyclic) bond motifs is 1. The van der Waals surface area contributed by atoms with Gasteiger partial charge in [-0.25, -0.2) is 4.79 Å². The summed E-state index contributed by atoms with van der Waals surface area (Å²) in [4.78, 5) is 11.8. The monoisotopic (exact) mass is 320 g/mol. The van der Waals surface area contributed by atoms with Crippen molar-refractivity contribution in [1.82, 2.24) is 5.32 Å². The van der Waals surface area contributed by atoms with Gasteiger partial charge in [0, 0.05) is 17.8 Å². The summed E-state index contributed by atoms with van der Waals surface area (Å²) in [5.41, 5.74) is 2.75. The van der Waals surface area contributed by atoms with Gasteiger partial charge in [-0.2, -0.15) is 0 Å². The van der Waals surface area contributed by atoms with E-state index in [0.717, 1.165) is 24.9 Å². The fraction of sp³-hybridized carbons (Fsp3) is 0.611. The van der Waals surface area contributed by atoms with Gasteiger partial charge in [-0.1, -0.05) is 13.0 Å². The molecule has 5 nitrogen and oxygen atoms in total. The normalized spacial score (nSPS) is 18.4. The quantitative estimate of drug-likeness (QED) is 0.778. The molecule has 1 aromatic rings. The summed E-state index contributed by atoms with van der Waals surface area (Å²) < 4.78 is 5.27. The highest BCUT2D eigenvalue weighted by molar-refractivity contribution is 5.85. The number of aliphatic hydroxyl groups excluding tert-OH is 1. The number of aliphatic hydroxyl groups is 1. The Morgan fingerprint density at radius 3 is 2.78 bits per heavy atom. The zero-order chi connectivity index (χ0) is 17.0. The molecule has 2 rings (SSSR count). The van der Waals surface area contributed by atoms with E-state index < -0.39 is 11.7 Å². The molecule has 0 spiro atoms. The number of aryl methyl sites for hydroxylation is 1. The summed E-state index contributed by atoms with van der Waals surface area (Å²) in [7, 11) is 0. The molecular formula is C18H28N2O3. The highest BCUT2D eigenvalue weighted by Gasteiger charge is 2.24. The van der Waals surface area contributed by atoms with Crippen LogP contribution in [-0.2, 0) is 11.2 Å². The van der Waals surface area contributed by atoms with Gasteiger partial charge in [0.1, 0.15) is 5.60 Å². The highest BCUT2D eigenvalue weighted by atomic mass is 16.6. The summed E-state index contributed by atoms with van der Waals surface area (Å²) in [5, 5.41) is 15.6. The maximum atomic E-state index is 11.8. The van der Waals surface area contributed by atoms with Crippen LogP contribution in [-0.4, -0.2) is 29.4 Å². The van der Waals surface area contributed by atoms with Gasteiger partial charge in [0.25, 0.3) is 0 Å². The number of benzene rings is 1. The molecular weight excluding hydrogens is 292 g/mol. The highest BCUT2D eigenvalue weighted by Crippen LogP contribution is 2.33. The largest absolute Gasteiger partial charge is 0.444 e. The Balaban J connectivity index is 2.02. The predicted molar refractivity (Wildman–Crippen MR) is 91.7 cm³/mol. The van der Waals surface area contributed by atoms with E-state index in [4.69, 9.17) is 4.74 Å². The Bertz CT molecular complexity index is 548. The van der Waals surface area contributed by atoms with E-state index in [2.05, 4.69) is 23.6 Å². The summed E-state index contributed by atoms with van der Waals surface area (Å²) in [5.74, 6) is 0. The molecule has 23 heavy (non-hydrogen) atoms. The first-order valence-electron chi connectivity index (χ1n) is 8.32. The predicted octanol–water partition coefficient (Wildman–Crippen LogP) is 3.38. The molecule has 0 saturated heterocycles. The van der Waals surface area contributed by atoms with Gasteiger partial charge >= 0.3 is 6.09 Å². The summed E-state index contributed by atoms with van der Waals surface area (Å²) in [6, 6.07) is 6.38. The number of ether oxygens (including phenoxy) is 1. The third-order valence-corrected chi connectivity index (χ3v) is 4.02. The lowest BCUT2D eigenvalue weighted by atomic mass is 10.1. The van der Waals surface area contributed by atoms with Crippen molar-refractivity contribution in [3.63, 3.8) is 0 Å². The number of rotatable bonds is 5. The molecule has 0 bridgehead atoms. The summed E-state index contributed by atoms with van der Waals surface area (Å²) >= 11 is 0. The van der Waals surface area contributed by atoms with Crippen molar-refractivity contribution in [3.05, 3.63) is 29.3 Å². The smallest absolute Gasteiger partial charge is 0.412 e. The zero-order valence-electron chi connectivity index (χ0n) is 14.5. The maximum absolute atomic E-state index is 11.8. The zero-order valence-corrected chi connectivity index (χ0v) is 14.5. The number of amides is 1. The Labute approximate surface area is 138 Å². The van der Waals surface area contributed by atoms with Crippen LogP contribution in [0, 0.1) is 0 Å². The average Bonchev–Trinajstić information content (AvgIpc) is 2.84. The van der Waals surface area contributed by atoms with Crippen LogP contribution in [0.4, 0.5) is 10.5 Å². The van der Waals surface area contributed by atoms with Gasteiger partial charge in [-0.15, -0.1) is 0 Å². The molecule has 1 aromatic carbocycles. The lowest BCUT2D eigenvalue weighted by Crippen LogP contribution is -2.34. The van der Waals surface area contributed by atoms with Crippen molar-refractivity contribution < 1.29 is 14.6 Å². The number of carbonyl (C=O) groups excluding carboxylic acids is 1. The number of hydrogen-bond donors (Lipinski definition) is 3. The number of anilines is 1. The lowest BCUT2D eigenvalue weighted by molar-refractivity contribution is 0.0636. The second-order valence-corrected chi connectivity index (χ2v) is 7.09. The van der Waals surface area contributed by atoms with E-state index in [1.807, 2.05) is 32.9 Å². The van der Waals surface area contributed by atoms with Crippen LogP contribution < -0.4 is 10.6 Å². The summed E-state index contributed by atoms with van der Waals surface area (Å²) in [6.45, 7) is 7.75. The molecule has 0 fully saturated rings. The van der Waals surface area contributed by atoms with Crippen molar-refractivity contribution in [2.75, 3.05) is 11.9 Å². The average molecular weight is 320 g/mol. The van der Waals surface area contributed by atoms with E-state index in [-0.39, 0.29) is 18.7 Å². The second-order valence-electron chi connectivity index (χ2n) is 7.09. The molecule has 1 aliphatic carbocycles. The van der Waals surface area contributed by atoms with Crippen molar-refractivity contribution in [1.29, 1.82) is 0 Å². The standard InChI is InChI=1S/C18H28N2O3/c1-5-13(11-21)19-16-9-6-12-10-14(7-8-15(12)16)20-17(22)23-18(2,3)4/h7-8,10,13,16,19,21H,5-6,9,11H2,1-4H3,(H,20,22)/t13-,16?/m0/s1. The molecule has 128 valence electrons. The van der Waals surface area contributed by atoms with Gasteiger partial charge in [-0.3, -0.25) is 5.32 Å². The van der Waals surface area contributed by atoms with Crippen molar-refractivity contribution in [2.24, 2.45) is 0 Å². The first-order chi connectivity index (χ1) is 10.8. The Morgan fingerprint density at radius 2 is 2.17 bits per heavy atom. The third-order valence-electron chi connectivity index (χ3n) is 4.02. The molecule has 2 atom stereocenters. The fourth-order valence-corrected chi connectivity index (χ4v) is 2.87. The van der Waals surface area contributed by atoms with E-state index >= 15 is 0 Å². The minimum absolute atomic E-state index is 0.130. The van der Waals surface area contributed by atoms with Crippen LogP contribution in [0.3, 0.4) is 0 Å². The Morgan fingerprint density at radius 1 is 1.43 bits per heavy atom. The summed E-state index contributed by atoms with van der Waals surface area (Å²) in [6.07, 6.45) is 2.46. The number of nitrogens with one attached hydrogen (secondary N) is 2. The van der Waals surface area contributed by atoms with Gasteiger partial charge in [0.05, 0.1) is 6.61 Å². The van der Waals surface area contributed by atoms with Crippen molar-refractivity contribution >= 4 is 11.8 Å². The minimum atomic E-state index is -0.505. The van der Waals surface area contributed by atoms with Crippen molar-refractivity contribution in [3.8, 4) is 0 Å². The molecule has 1 amide bonds. The van der Waals surface area contributed by atoms with Crippen LogP contribution in [0.2, 0.25) is 0 Å². The molecule has 1 aliphatic rings. The Kier molecular flexibility index (Phi) is 5.65. The van der Waals surface area contributed by atoms with Gasteiger partial charge in [-0.05, 0) is 63.3 Å². The molecule has 0 aliphatic heterocycles. The van der Waals surface area contributed by atoms with E-state index in [0.29, 0.717) is 0 Å². The third kappa shape index (κ3) is 4.94. The number of hydrogen-bond acceptors (Lipinski definition) is 4. The molecule has 0 aromatic heterocycles. The topological polar surface area (TPSA) is 70.6 Å². The Hall–Kier alpha value is -1.59. The van der Waals surface area contributed by atoms with Crippen molar-refractivity contribution in [2.45, 2.75) is 64.6 Å². The molecule has 3 N–H and O–H groups in total. The minimum Gasteiger partial charge on any atom is -0.444 e. The SMILES string of the molecule is CC[C@@H](CO)NC1CCc2cc(NC(=O)OC(C)(C)C)ccc21. The van der Waals surface area contributed by atoms with Crippen LogP contribution in [0.5, 0.6) is 0 Å². The fourth-order valence-electron chi connectivity index (χ4n) is 2.87. The lowest BCUT2D eigenvalue weighted by Gasteiger charge is -2.21. The van der Waals surface area contributed by atoms with E-state index in [1.165, 1.54) is 11.1 Å². The maximum Gasteiger partial charge on any atom is 0.412 e. The van der Waals surface area contributed by atoms with Gasteiger partial charge < -0.3 is 15.2 Å². The van der Waals surface area contributed by atoms with E-state index in [1.54, 1.807) is 0 Å². The van der Waals surface area contributed by atoms with Crippen LogP contribution in [0.15, 0.2) is 18.2 Å². The van der Waals surface area contributed by atoms with Crippen LogP contribution >= 0.6 is 0 Å². The second kappa shape index (κ2) is 7.32. The molecule has 1 unspecified atom stereocenters. The molecule has 0 radical (unpaired) electrons. The molecule has 5 heteroatoms. The number of carbonyl (C=O) groups is 1. The van der Waals surface area contributed by atoms with Gasteiger partial charge in [0.2, 0.25) is 0 Å².